The van der Waals surface area contributed by atoms with Crippen molar-refractivity contribution in [2.75, 3.05) is 11.3 Å². The minimum Gasteiger partial charge on any atom is -0.493 e. The molecule has 37 heavy (non-hydrogen) atoms. The number of sulfonamides is 1. The number of imidazole rings is 1. The summed E-state index contributed by atoms with van der Waals surface area (Å²) in [7, 11) is -4.08. The Balaban J connectivity index is 1.79. The molecule has 0 unspecified atom stereocenters. The molecule has 0 saturated heterocycles. The van der Waals surface area contributed by atoms with E-state index in [2.05, 4.69) is 26.7 Å². The van der Waals surface area contributed by atoms with Gasteiger partial charge in [-0.25, -0.2) is 22.3 Å². The number of aromatic nitrogens is 4. The zero-order valence-corrected chi connectivity index (χ0v) is 21.9. The summed E-state index contributed by atoms with van der Waals surface area (Å²) in [6, 6.07) is 9.44. The predicted molar refractivity (Wildman–Crippen MR) is 140 cm³/mol. The van der Waals surface area contributed by atoms with Crippen molar-refractivity contribution < 1.29 is 17.5 Å². The maximum atomic E-state index is 13.6. The second-order valence-corrected chi connectivity index (χ2v) is 10.4. The largest absolute Gasteiger partial charge is 0.493 e. The zero-order valence-electron chi connectivity index (χ0n) is 21.0. The van der Waals surface area contributed by atoms with Gasteiger partial charge in [-0.1, -0.05) is 32.3 Å². The third-order valence-electron chi connectivity index (χ3n) is 5.89. The van der Waals surface area contributed by atoms with Crippen LogP contribution in [0.4, 0.5) is 10.1 Å². The van der Waals surface area contributed by atoms with Crippen molar-refractivity contribution >= 4 is 21.2 Å². The van der Waals surface area contributed by atoms with Crippen LogP contribution in [0, 0.1) is 12.7 Å². The van der Waals surface area contributed by atoms with Crippen LogP contribution in [0.1, 0.15) is 51.0 Å². The molecule has 0 aliphatic rings. The molecular formula is C26H30FN5O4S. The number of aryl methyl sites for hydroxylation is 2. The van der Waals surface area contributed by atoms with Gasteiger partial charge in [0.2, 0.25) is 0 Å². The van der Waals surface area contributed by atoms with Gasteiger partial charge < -0.3 is 9.72 Å². The number of hydrogen-bond donors (Lipinski definition) is 2. The first-order valence-electron chi connectivity index (χ1n) is 12.3. The summed E-state index contributed by atoms with van der Waals surface area (Å²) in [5.41, 5.74) is 0.926. The number of unbranched alkanes of at least 4 members (excludes halogenated alkanes) is 3. The highest BCUT2D eigenvalue weighted by Gasteiger charge is 2.21. The minimum absolute atomic E-state index is 0.0880. The summed E-state index contributed by atoms with van der Waals surface area (Å²) in [4.78, 5) is 20.3. The molecule has 0 saturated carbocycles. The van der Waals surface area contributed by atoms with E-state index in [0.29, 0.717) is 41.4 Å². The van der Waals surface area contributed by atoms with Crippen LogP contribution in [0.25, 0.3) is 16.9 Å². The van der Waals surface area contributed by atoms with E-state index in [1.165, 1.54) is 40.9 Å². The molecule has 0 spiro atoms. The van der Waals surface area contributed by atoms with Gasteiger partial charge in [-0.15, -0.1) is 5.10 Å². The minimum atomic E-state index is -4.08. The second-order valence-electron chi connectivity index (χ2n) is 8.69. The Morgan fingerprint density at radius 1 is 1.11 bits per heavy atom. The summed E-state index contributed by atoms with van der Waals surface area (Å²) < 4.78 is 49.4. The molecule has 196 valence electrons. The third kappa shape index (κ3) is 5.82. The Hall–Kier alpha value is -3.73. The topological polar surface area (TPSA) is 118 Å². The average molecular weight is 528 g/mol. The second kappa shape index (κ2) is 11.1. The highest BCUT2D eigenvalue weighted by molar-refractivity contribution is 7.92. The number of halogens is 1. The fourth-order valence-electron chi connectivity index (χ4n) is 4.14. The normalized spacial score (nSPS) is 11.7. The number of nitrogens with one attached hydrogen (secondary N) is 2. The van der Waals surface area contributed by atoms with Gasteiger partial charge in [-0.05, 0) is 56.7 Å². The molecule has 2 aromatic heterocycles. The molecule has 0 bridgehead atoms. The molecule has 9 nitrogen and oxygen atoms in total. The van der Waals surface area contributed by atoms with Crippen LogP contribution >= 0.6 is 0 Å². The van der Waals surface area contributed by atoms with Crippen molar-refractivity contribution in [3.05, 3.63) is 70.2 Å². The van der Waals surface area contributed by atoms with Gasteiger partial charge >= 0.3 is 0 Å². The van der Waals surface area contributed by atoms with Crippen LogP contribution in [0.15, 0.2) is 52.2 Å². The van der Waals surface area contributed by atoms with Crippen LogP contribution in [0.5, 0.6) is 5.75 Å². The summed E-state index contributed by atoms with van der Waals surface area (Å²) in [5, 5.41) is 4.64. The first-order valence-corrected chi connectivity index (χ1v) is 13.8. The Morgan fingerprint density at radius 2 is 1.92 bits per heavy atom. The zero-order chi connectivity index (χ0) is 26.6. The number of ether oxygens (including phenoxy) is 1. The lowest BCUT2D eigenvalue weighted by atomic mass is 10.1. The van der Waals surface area contributed by atoms with E-state index in [-0.39, 0.29) is 22.0 Å². The summed E-state index contributed by atoms with van der Waals surface area (Å²) in [6.45, 7) is 6.02. The van der Waals surface area contributed by atoms with Crippen LogP contribution in [0.2, 0.25) is 0 Å². The van der Waals surface area contributed by atoms with Crippen LogP contribution in [0.3, 0.4) is 0 Å². The Kier molecular flexibility index (Phi) is 7.91. The smallest absolute Gasteiger partial charge is 0.277 e. The monoisotopic (exact) mass is 527 g/mol. The lowest BCUT2D eigenvalue weighted by molar-refractivity contribution is 0.341. The summed E-state index contributed by atoms with van der Waals surface area (Å²) >= 11 is 0. The number of benzene rings is 2. The van der Waals surface area contributed by atoms with Crippen molar-refractivity contribution in [3.8, 4) is 17.1 Å². The molecular weight excluding hydrogens is 497 g/mol. The number of aromatic amines is 1. The average Bonchev–Trinajstić information content (AvgIpc) is 3.17. The van der Waals surface area contributed by atoms with Gasteiger partial charge in [-0.3, -0.25) is 9.52 Å². The summed E-state index contributed by atoms with van der Waals surface area (Å²) in [6.07, 6.45) is 4.85. The molecule has 0 amide bonds. The van der Waals surface area contributed by atoms with Gasteiger partial charge in [0.1, 0.15) is 17.4 Å². The molecule has 4 aromatic rings. The maximum absolute atomic E-state index is 13.6. The number of nitrogens with zero attached hydrogens (tertiary/aromatic N) is 3. The Labute approximate surface area is 214 Å². The SMILES string of the molecule is CCCCCCc1nc(C)c2c(=O)[nH]c(-c3cc(S(=O)(=O)Nc4cccc(F)c4)ccc3OCC)nn12. The quantitative estimate of drug-likeness (QED) is 0.269. The number of hydrogen-bond acceptors (Lipinski definition) is 6. The summed E-state index contributed by atoms with van der Waals surface area (Å²) in [5.74, 6) is 0.612. The molecule has 2 heterocycles. The van der Waals surface area contributed by atoms with Crippen molar-refractivity contribution in [3.63, 3.8) is 0 Å². The van der Waals surface area contributed by atoms with Gasteiger partial charge in [0.15, 0.2) is 11.3 Å². The number of rotatable bonds is 11. The standard InChI is InChI=1S/C26H30FN5O4S/c1-4-6-7-8-12-23-28-17(3)24-26(33)29-25(30-32(23)24)21-16-20(13-14-22(21)36-5-2)37(34,35)31-19-11-9-10-18(27)15-19/h9-11,13-16,31H,4-8,12H2,1-3H3,(H,29,30,33). The van der Waals surface area contributed by atoms with Gasteiger partial charge in [0.25, 0.3) is 15.6 Å². The van der Waals surface area contributed by atoms with Crippen molar-refractivity contribution in [2.24, 2.45) is 0 Å². The van der Waals surface area contributed by atoms with Crippen molar-refractivity contribution in [1.82, 2.24) is 19.6 Å². The molecule has 0 aliphatic heterocycles. The number of H-pyrrole nitrogens is 1. The highest BCUT2D eigenvalue weighted by Crippen LogP contribution is 2.31. The maximum Gasteiger partial charge on any atom is 0.277 e. The first kappa shape index (κ1) is 26.3. The van der Waals surface area contributed by atoms with E-state index in [0.717, 1.165) is 31.7 Å². The molecule has 4 rings (SSSR count). The molecule has 0 atom stereocenters. The van der Waals surface area contributed by atoms with Gasteiger partial charge in [0, 0.05) is 6.42 Å². The van der Waals surface area contributed by atoms with E-state index in [4.69, 9.17) is 4.74 Å². The highest BCUT2D eigenvalue weighted by atomic mass is 32.2. The van der Waals surface area contributed by atoms with Gasteiger partial charge in [-0.2, -0.15) is 0 Å². The number of fused-ring (bicyclic) bond motifs is 1. The first-order chi connectivity index (χ1) is 17.7. The van der Waals surface area contributed by atoms with Crippen LogP contribution in [-0.4, -0.2) is 34.6 Å². The van der Waals surface area contributed by atoms with Crippen molar-refractivity contribution in [2.45, 2.75) is 57.8 Å². The molecule has 0 aliphatic carbocycles. The number of anilines is 1. The molecule has 11 heteroatoms. The molecule has 2 N–H and O–H groups in total. The molecule has 2 aromatic carbocycles. The lowest BCUT2D eigenvalue weighted by Gasteiger charge is -2.13. The van der Waals surface area contributed by atoms with E-state index < -0.39 is 15.8 Å². The van der Waals surface area contributed by atoms with Crippen molar-refractivity contribution in [1.29, 1.82) is 0 Å². The fraction of sp³-hybridized carbons (Fsp3) is 0.346. The molecule has 0 radical (unpaired) electrons. The van der Waals surface area contributed by atoms with E-state index >= 15 is 0 Å². The molecule has 0 fully saturated rings. The fourth-order valence-corrected chi connectivity index (χ4v) is 5.21. The third-order valence-corrected chi connectivity index (χ3v) is 7.27. The Bertz CT molecular complexity index is 1580. The van der Waals surface area contributed by atoms with E-state index in [1.807, 2.05) is 0 Å². The van der Waals surface area contributed by atoms with Crippen LogP contribution in [-0.2, 0) is 16.4 Å². The van der Waals surface area contributed by atoms with Gasteiger partial charge in [0.05, 0.1) is 28.4 Å². The lowest BCUT2D eigenvalue weighted by Crippen LogP contribution is -2.17. The Morgan fingerprint density at radius 3 is 2.65 bits per heavy atom. The van der Waals surface area contributed by atoms with E-state index in [1.54, 1.807) is 13.8 Å². The van der Waals surface area contributed by atoms with E-state index in [9.17, 15) is 17.6 Å². The predicted octanol–water partition coefficient (Wildman–Crippen LogP) is 4.85. The van der Waals surface area contributed by atoms with Crippen LogP contribution < -0.4 is 15.0 Å².